The second-order valence-electron chi connectivity index (χ2n) is 9.57. The Bertz CT molecular complexity index is 640. The molecule has 0 heterocycles. The third-order valence-corrected chi connectivity index (χ3v) is 8.54. The monoisotopic (exact) mass is 466 g/mol. The summed E-state index contributed by atoms with van der Waals surface area (Å²) in [5.41, 5.74) is 0.475. The fourth-order valence-corrected chi connectivity index (χ4v) is 6.27. The second-order valence-corrected chi connectivity index (χ2v) is 10.9. The summed E-state index contributed by atoms with van der Waals surface area (Å²) in [5, 5.41) is 27.6. The molecule has 2 aliphatic rings. The number of hydrogen-bond donors (Lipinski definition) is 3. The number of ketones is 1. The molecule has 4 atom stereocenters. The molecule has 0 radical (unpaired) electrons. The predicted molar refractivity (Wildman–Crippen MR) is 131 cm³/mol. The topological polar surface area (TPSA) is 94.8 Å². The van der Waals surface area contributed by atoms with Crippen LogP contribution in [0.4, 0.5) is 0 Å². The van der Waals surface area contributed by atoms with Crippen molar-refractivity contribution in [2.24, 2.45) is 17.3 Å². The maximum Gasteiger partial charge on any atom is 0.332 e. The van der Waals surface area contributed by atoms with E-state index in [1.54, 1.807) is 11.8 Å². The van der Waals surface area contributed by atoms with Gasteiger partial charge in [-0.05, 0) is 56.3 Å². The van der Waals surface area contributed by atoms with Crippen LogP contribution in [0.25, 0.3) is 0 Å². The van der Waals surface area contributed by atoms with Gasteiger partial charge in [0, 0.05) is 23.3 Å². The van der Waals surface area contributed by atoms with Gasteiger partial charge in [0.25, 0.3) is 0 Å². The Balaban J connectivity index is 1.95. The van der Waals surface area contributed by atoms with Crippen molar-refractivity contribution in [2.45, 2.75) is 95.3 Å². The highest BCUT2D eigenvalue weighted by atomic mass is 32.2. The van der Waals surface area contributed by atoms with Gasteiger partial charge in [-0.1, -0.05) is 56.9 Å². The highest BCUT2D eigenvalue weighted by molar-refractivity contribution is 8.00. The van der Waals surface area contributed by atoms with Crippen molar-refractivity contribution in [3.63, 3.8) is 0 Å². The van der Waals surface area contributed by atoms with Crippen molar-refractivity contribution in [3.8, 4) is 0 Å². The predicted octanol–water partition coefficient (Wildman–Crippen LogP) is 5.15. The lowest BCUT2D eigenvalue weighted by Crippen LogP contribution is -2.28. The fraction of sp³-hybridized carbons (Fsp3) is 0.769. The first-order valence-corrected chi connectivity index (χ1v) is 13.4. The molecule has 3 N–H and O–H groups in total. The first-order chi connectivity index (χ1) is 15.4. The Morgan fingerprint density at radius 2 is 2.03 bits per heavy atom. The molecule has 0 aromatic rings. The third kappa shape index (κ3) is 8.35. The molecule has 0 saturated heterocycles. The lowest BCUT2D eigenvalue weighted by molar-refractivity contribution is -0.146. The lowest BCUT2D eigenvalue weighted by Gasteiger charge is -2.42. The summed E-state index contributed by atoms with van der Waals surface area (Å²) in [6.45, 7) is 2.38. The van der Waals surface area contributed by atoms with Gasteiger partial charge >= 0.3 is 5.97 Å². The van der Waals surface area contributed by atoms with E-state index in [2.05, 4.69) is 19.1 Å². The largest absolute Gasteiger partial charge is 0.479 e. The van der Waals surface area contributed by atoms with Crippen LogP contribution in [-0.2, 0) is 9.59 Å². The van der Waals surface area contributed by atoms with Crippen LogP contribution in [0.2, 0.25) is 0 Å². The van der Waals surface area contributed by atoms with Crippen molar-refractivity contribution >= 4 is 23.5 Å². The molecule has 0 aromatic carbocycles. The van der Waals surface area contributed by atoms with Gasteiger partial charge in [-0.2, -0.15) is 11.8 Å². The van der Waals surface area contributed by atoms with Gasteiger partial charge in [-0.15, -0.1) is 0 Å². The van der Waals surface area contributed by atoms with E-state index in [0.29, 0.717) is 30.4 Å². The number of aliphatic hydroxyl groups excluding tert-OH is 2. The van der Waals surface area contributed by atoms with Gasteiger partial charge in [-0.25, -0.2) is 4.79 Å². The number of Topliss-reactive ketones (excluding diaryl/α,β-unsaturated/α-hetero) is 1. The smallest absolute Gasteiger partial charge is 0.332 e. The number of carboxylic acid groups (broad SMARTS) is 1. The number of aliphatic hydroxyl groups is 2. The van der Waals surface area contributed by atoms with Crippen LogP contribution in [0.5, 0.6) is 0 Å². The number of allylic oxidation sites excluding steroid dienone is 4. The van der Waals surface area contributed by atoms with E-state index in [9.17, 15) is 19.8 Å². The third-order valence-electron chi connectivity index (χ3n) is 7.22. The van der Waals surface area contributed by atoms with Crippen LogP contribution in [0, 0.1) is 17.3 Å². The van der Waals surface area contributed by atoms with Gasteiger partial charge in [0.15, 0.2) is 6.10 Å². The molecule has 2 aliphatic carbocycles. The molecule has 2 saturated carbocycles. The van der Waals surface area contributed by atoms with Gasteiger partial charge < -0.3 is 15.3 Å². The molecule has 0 bridgehead atoms. The van der Waals surface area contributed by atoms with Crippen molar-refractivity contribution in [2.75, 3.05) is 12.4 Å². The van der Waals surface area contributed by atoms with Crippen molar-refractivity contribution in [1.82, 2.24) is 0 Å². The van der Waals surface area contributed by atoms with E-state index in [1.807, 2.05) is 12.2 Å². The Morgan fingerprint density at radius 3 is 2.66 bits per heavy atom. The number of aliphatic carboxylic acids is 1. The minimum Gasteiger partial charge on any atom is -0.479 e. The summed E-state index contributed by atoms with van der Waals surface area (Å²) >= 11 is 1.70. The molecule has 1 unspecified atom stereocenters. The maximum atomic E-state index is 12.8. The standard InChI is InChI=1S/C26H42O5S/c1-2-3-7-13-26(15-9-16-26)14-8-11-21-20(23(29)19-24(21)32-18-17-27)10-5-4-6-12-22(28)25(30)31/h4-5,8,11,20-22,24,27-28H,2-3,6-7,9-10,12-19H2,1H3,(H,30,31)/b5-4-,11-8+/t20-,21-,22?,24-/m1/s1. The van der Waals surface area contributed by atoms with Crippen molar-refractivity contribution < 1.29 is 24.9 Å². The summed E-state index contributed by atoms with van der Waals surface area (Å²) in [4.78, 5) is 23.5. The number of carboxylic acids is 1. The van der Waals surface area contributed by atoms with E-state index in [1.165, 1.54) is 44.9 Å². The number of rotatable bonds is 16. The van der Waals surface area contributed by atoms with Crippen molar-refractivity contribution in [3.05, 3.63) is 24.3 Å². The zero-order chi connectivity index (χ0) is 23.4. The van der Waals surface area contributed by atoms with Crippen LogP contribution in [0.1, 0.15) is 84.0 Å². The quantitative estimate of drug-likeness (QED) is 0.215. The minimum atomic E-state index is -1.33. The molecule has 32 heavy (non-hydrogen) atoms. The van der Waals surface area contributed by atoms with Gasteiger partial charge in [0.1, 0.15) is 5.78 Å². The van der Waals surface area contributed by atoms with Crippen LogP contribution < -0.4 is 0 Å². The van der Waals surface area contributed by atoms with Crippen LogP contribution in [-0.4, -0.2) is 50.8 Å². The Hall–Kier alpha value is -1.11. The zero-order valence-corrected chi connectivity index (χ0v) is 20.4. The molecule has 0 aliphatic heterocycles. The highest BCUT2D eigenvalue weighted by Crippen LogP contribution is 2.49. The molecule has 0 spiro atoms. The van der Waals surface area contributed by atoms with E-state index in [4.69, 9.17) is 5.11 Å². The highest BCUT2D eigenvalue weighted by Gasteiger charge is 2.40. The normalized spacial score (nSPS) is 26.1. The Labute approximate surface area is 197 Å². The molecule has 0 aromatic heterocycles. The first-order valence-electron chi connectivity index (χ1n) is 12.4. The van der Waals surface area contributed by atoms with E-state index >= 15 is 0 Å². The average Bonchev–Trinajstić information content (AvgIpc) is 3.03. The molecule has 5 nitrogen and oxygen atoms in total. The summed E-state index contributed by atoms with van der Waals surface area (Å²) < 4.78 is 0. The van der Waals surface area contributed by atoms with Gasteiger partial charge in [-0.3, -0.25) is 4.79 Å². The Morgan fingerprint density at radius 1 is 1.25 bits per heavy atom. The average molecular weight is 467 g/mol. The minimum absolute atomic E-state index is 0.0551. The summed E-state index contributed by atoms with van der Waals surface area (Å²) in [5.74, 6) is -0.135. The summed E-state index contributed by atoms with van der Waals surface area (Å²) in [6.07, 6.45) is 19.3. The molecular formula is C26H42O5S. The molecular weight excluding hydrogens is 424 g/mol. The van der Waals surface area contributed by atoms with Crippen LogP contribution in [0.15, 0.2) is 24.3 Å². The number of thioether (sulfide) groups is 1. The summed E-state index contributed by atoms with van der Waals surface area (Å²) in [6, 6.07) is 0. The lowest BCUT2D eigenvalue weighted by atomic mass is 9.64. The summed E-state index contributed by atoms with van der Waals surface area (Å²) in [7, 11) is 0. The van der Waals surface area contributed by atoms with E-state index in [0.717, 1.165) is 6.42 Å². The number of hydrogen-bond acceptors (Lipinski definition) is 5. The maximum absolute atomic E-state index is 12.8. The zero-order valence-electron chi connectivity index (χ0n) is 19.6. The van der Waals surface area contributed by atoms with E-state index in [-0.39, 0.29) is 35.9 Å². The molecule has 2 rings (SSSR count). The molecule has 182 valence electrons. The SMILES string of the molecule is CCCCCC1(C/C=C/[C@H]2[C@H](SCCO)CC(=O)[C@@H]2C/C=C\CCC(O)C(=O)O)CCC1. The second kappa shape index (κ2) is 14.2. The molecule has 0 amide bonds. The Kier molecular flexibility index (Phi) is 12.1. The molecule has 6 heteroatoms. The van der Waals surface area contributed by atoms with Gasteiger partial charge in [0.2, 0.25) is 0 Å². The van der Waals surface area contributed by atoms with E-state index < -0.39 is 12.1 Å². The molecule has 2 fully saturated rings. The fourth-order valence-electron chi connectivity index (χ4n) is 5.08. The van der Waals surface area contributed by atoms with Crippen LogP contribution in [0.3, 0.4) is 0 Å². The number of unbranched alkanes of at least 4 members (excludes halogenated alkanes) is 2. The van der Waals surface area contributed by atoms with Crippen LogP contribution >= 0.6 is 11.8 Å². The van der Waals surface area contributed by atoms with Crippen molar-refractivity contribution in [1.29, 1.82) is 0 Å². The number of carbonyl (C=O) groups is 2. The van der Waals surface area contributed by atoms with Gasteiger partial charge in [0.05, 0.1) is 6.61 Å². The number of carbonyl (C=O) groups excluding carboxylic acids is 1. The first kappa shape index (κ1) is 27.1.